The van der Waals surface area contributed by atoms with Crippen LogP contribution < -0.4 is 10.9 Å². The molecule has 1 unspecified atom stereocenters. The molecule has 0 bridgehead atoms. The summed E-state index contributed by atoms with van der Waals surface area (Å²) >= 11 is 0. The highest BCUT2D eigenvalue weighted by Gasteiger charge is 2.40. The van der Waals surface area contributed by atoms with Crippen LogP contribution in [-0.4, -0.2) is 40.7 Å². The number of pyridine rings is 1. The second-order valence-corrected chi connectivity index (χ2v) is 6.63. The molecule has 1 aliphatic heterocycles. The van der Waals surface area contributed by atoms with Gasteiger partial charge in [0.15, 0.2) is 0 Å². The van der Waals surface area contributed by atoms with Crippen molar-refractivity contribution >= 4 is 0 Å². The summed E-state index contributed by atoms with van der Waals surface area (Å²) in [6, 6.07) is 6.00. The van der Waals surface area contributed by atoms with Crippen molar-refractivity contribution in [1.29, 1.82) is 0 Å². The van der Waals surface area contributed by atoms with Crippen molar-refractivity contribution in [1.82, 2.24) is 14.8 Å². The number of rotatable bonds is 4. The zero-order valence-corrected chi connectivity index (χ0v) is 13.1. The van der Waals surface area contributed by atoms with Crippen molar-refractivity contribution < 1.29 is 0 Å². The average Bonchev–Trinajstić information content (AvgIpc) is 2.95. The molecule has 0 radical (unpaired) electrons. The van der Waals surface area contributed by atoms with Crippen molar-refractivity contribution in [3.8, 4) is 0 Å². The van der Waals surface area contributed by atoms with E-state index in [0.717, 1.165) is 26.2 Å². The number of nitrogens with zero attached hydrogens (tertiary/aromatic N) is 2. The summed E-state index contributed by atoms with van der Waals surface area (Å²) in [5, 5.41) is 3.82. The molecule has 2 heterocycles. The minimum absolute atomic E-state index is 0.108. The molecule has 0 aromatic carbocycles. The highest BCUT2D eigenvalue weighted by molar-refractivity contribution is 5.01. The maximum absolute atomic E-state index is 11.8. The number of piperazine rings is 1. The van der Waals surface area contributed by atoms with Gasteiger partial charge in [0, 0.05) is 50.0 Å². The van der Waals surface area contributed by atoms with Crippen LogP contribution in [0.25, 0.3) is 0 Å². The Balaban J connectivity index is 1.66. The molecule has 0 amide bonds. The van der Waals surface area contributed by atoms with Gasteiger partial charge in [-0.1, -0.05) is 25.8 Å². The summed E-state index contributed by atoms with van der Waals surface area (Å²) in [7, 11) is 0. The third-order valence-electron chi connectivity index (χ3n) is 5.29. The summed E-state index contributed by atoms with van der Waals surface area (Å²) < 4.78 is 1.83. The van der Waals surface area contributed by atoms with Gasteiger partial charge in [-0.25, -0.2) is 0 Å². The number of hydrogen-bond donors (Lipinski definition) is 1. The third kappa shape index (κ3) is 3.22. The largest absolute Gasteiger partial charge is 0.314 e. The number of nitrogens with one attached hydrogen (secondary N) is 1. The lowest BCUT2D eigenvalue weighted by Crippen LogP contribution is -2.63. The van der Waals surface area contributed by atoms with Gasteiger partial charge < -0.3 is 9.88 Å². The topological polar surface area (TPSA) is 37.3 Å². The summed E-state index contributed by atoms with van der Waals surface area (Å²) in [6.45, 7) is 6.28. The number of hydrogen-bond acceptors (Lipinski definition) is 3. The Hall–Kier alpha value is -1.13. The smallest absolute Gasteiger partial charge is 0.250 e. The second kappa shape index (κ2) is 6.32. The SMILES string of the molecule is CCC1CNC2(CCCC2)CN1CCn1ccccc1=O. The Morgan fingerprint density at radius 3 is 2.81 bits per heavy atom. The van der Waals surface area contributed by atoms with Crippen molar-refractivity contribution in [3.63, 3.8) is 0 Å². The predicted octanol–water partition coefficient (Wildman–Crippen LogP) is 1.84. The van der Waals surface area contributed by atoms with E-state index in [4.69, 9.17) is 0 Å². The van der Waals surface area contributed by atoms with E-state index in [9.17, 15) is 4.79 Å². The van der Waals surface area contributed by atoms with Gasteiger partial charge in [0.1, 0.15) is 0 Å². The second-order valence-electron chi connectivity index (χ2n) is 6.63. The molecule has 4 heteroatoms. The normalized spacial score (nSPS) is 25.5. The molecule has 2 aliphatic rings. The van der Waals surface area contributed by atoms with Gasteiger partial charge in [0.05, 0.1) is 0 Å². The lowest BCUT2D eigenvalue weighted by atomic mass is 9.91. The summed E-state index contributed by atoms with van der Waals surface area (Å²) in [5.74, 6) is 0. The Morgan fingerprint density at radius 1 is 1.29 bits per heavy atom. The van der Waals surface area contributed by atoms with Crippen LogP contribution in [0.15, 0.2) is 29.2 Å². The van der Waals surface area contributed by atoms with Gasteiger partial charge in [-0.2, -0.15) is 0 Å². The van der Waals surface area contributed by atoms with Crippen LogP contribution in [0.4, 0.5) is 0 Å². The molecule has 1 spiro atoms. The van der Waals surface area contributed by atoms with E-state index in [1.165, 1.54) is 32.1 Å². The van der Waals surface area contributed by atoms with Crippen molar-refractivity contribution in [2.75, 3.05) is 19.6 Å². The Morgan fingerprint density at radius 2 is 2.10 bits per heavy atom. The lowest BCUT2D eigenvalue weighted by molar-refractivity contribution is 0.0749. The first-order valence-corrected chi connectivity index (χ1v) is 8.37. The van der Waals surface area contributed by atoms with E-state index in [1.54, 1.807) is 6.07 Å². The molecular formula is C17H27N3O. The van der Waals surface area contributed by atoms with Gasteiger partial charge >= 0.3 is 0 Å². The fourth-order valence-electron chi connectivity index (χ4n) is 3.97. The first-order valence-electron chi connectivity index (χ1n) is 8.37. The maximum Gasteiger partial charge on any atom is 0.250 e. The summed E-state index contributed by atoms with van der Waals surface area (Å²) in [4.78, 5) is 14.4. The quantitative estimate of drug-likeness (QED) is 0.919. The van der Waals surface area contributed by atoms with E-state index in [2.05, 4.69) is 17.1 Å². The molecule has 116 valence electrons. The van der Waals surface area contributed by atoms with Crippen LogP contribution in [0.2, 0.25) is 0 Å². The molecule has 1 N–H and O–H groups in total. The summed E-state index contributed by atoms with van der Waals surface area (Å²) in [6.07, 6.45) is 8.41. The molecule has 1 saturated carbocycles. The highest BCUT2D eigenvalue weighted by Crippen LogP contribution is 2.33. The van der Waals surface area contributed by atoms with Gasteiger partial charge in [-0.3, -0.25) is 9.69 Å². The van der Waals surface area contributed by atoms with Crippen molar-refractivity contribution in [2.45, 2.75) is 57.2 Å². The van der Waals surface area contributed by atoms with Gasteiger partial charge in [-0.05, 0) is 25.3 Å². The molecule has 1 atom stereocenters. The van der Waals surface area contributed by atoms with Crippen LogP contribution in [0, 0.1) is 0 Å². The van der Waals surface area contributed by atoms with Crippen LogP contribution in [0.3, 0.4) is 0 Å². The molecule has 21 heavy (non-hydrogen) atoms. The van der Waals surface area contributed by atoms with E-state index < -0.39 is 0 Å². The maximum atomic E-state index is 11.8. The predicted molar refractivity (Wildman–Crippen MR) is 85.6 cm³/mol. The van der Waals surface area contributed by atoms with E-state index >= 15 is 0 Å². The molecule has 1 saturated heterocycles. The summed E-state index contributed by atoms with van der Waals surface area (Å²) in [5.41, 5.74) is 0.462. The first kappa shape index (κ1) is 14.8. The van der Waals surface area contributed by atoms with E-state index in [0.29, 0.717) is 11.6 Å². The Labute approximate surface area is 127 Å². The van der Waals surface area contributed by atoms with Gasteiger partial charge in [-0.15, -0.1) is 0 Å². The zero-order chi connectivity index (χ0) is 14.7. The Kier molecular flexibility index (Phi) is 4.45. The average molecular weight is 289 g/mol. The molecular weight excluding hydrogens is 262 g/mol. The fourth-order valence-corrected chi connectivity index (χ4v) is 3.97. The van der Waals surface area contributed by atoms with Crippen LogP contribution in [-0.2, 0) is 6.54 Å². The molecule has 1 aliphatic carbocycles. The van der Waals surface area contributed by atoms with Crippen molar-refractivity contribution in [2.24, 2.45) is 0 Å². The standard InChI is InChI=1S/C17H27N3O/c1-2-15-13-18-17(8-4-5-9-17)14-20(15)12-11-19-10-6-3-7-16(19)21/h3,6-7,10,15,18H,2,4-5,8-9,11-14H2,1H3. The van der Waals surface area contributed by atoms with Crippen LogP contribution in [0.1, 0.15) is 39.0 Å². The van der Waals surface area contributed by atoms with Gasteiger partial charge in [0.2, 0.25) is 0 Å². The van der Waals surface area contributed by atoms with Crippen LogP contribution >= 0.6 is 0 Å². The molecule has 2 fully saturated rings. The highest BCUT2D eigenvalue weighted by atomic mass is 16.1. The molecule has 4 nitrogen and oxygen atoms in total. The van der Waals surface area contributed by atoms with Crippen molar-refractivity contribution in [3.05, 3.63) is 34.7 Å². The van der Waals surface area contributed by atoms with Crippen LogP contribution in [0.5, 0.6) is 0 Å². The van der Waals surface area contributed by atoms with Gasteiger partial charge in [0.25, 0.3) is 5.56 Å². The minimum Gasteiger partial charge on any atom is -0.314 e. The fraction of sp³-hybridized carbons (Fsp3) is 0.706. The molecule has 1 aromatic heterocycles. The molecule has 1 aromatic rings. The zero-order valence-electron chi connectivity index (χ0n) is 13.1. The number of aromatic nitrogens is 1. The third-order valence-corrected chi connectivity index (χ3v) is 5.29. The lowest BCUT2D eigenvalue weighted by Gasteiger charge is -2.46. The first-order chi connectivity index (χ1) is 10.2. The van der Waals surface area contributed by atoms with E-state index in [-0.39, 0.29) is 5.56 Å². The minimum atomic E-state index is 0.108. The monoisotopic (exact) mass is 289 g/mol. The van der Waals surface area contributed by atoms with E-state index in [1.807, 2.05) is 22.9 Å². The molecule has 3 rings (SSSR count). The Bertz CT molecular complexity index is 519.